The summed E-state index contributed by atoms with van der Waals surface area (Å²) < 4.78 is 5.03. The van der Waals surface area contributed by atoms with Gasteiger partial charge in [0.2, 0.25) is 5.52 Å². The van der Waals surface area contributed by atoms with Crippen molar-refractivity contribution in [3.05, 3.63) is 70.9 Å². The van der Waals surface area contributed by atoms with Crippen LogP contribution in [0.2, 0.25) is 0 Å². The summed E-state index contributed by atoms with van der Waals surface area (Å²) in [5.41, 5.74) is 11.6. The Bertz CT molecular complexity index is 1930. The lowest BCUT2D eigenvalue weighted by molar-refractivity contribution is -0.643. The van der Waals surface area contributed by atoms with Crippen LogP contribution in [0, 0.1) is 31.1 Å². The molecule has 0 radical (unpaired) electrons. The van der Waals surface area contributed by atoms with Crippen molar-refractivity contribution in [1.29, 1.82) is 0 Å². The fourth-order valence-corrected chi connectivity index (χ4v) is 8.64. The Morgan fingerprint density at radius 1 is 0.921 bits per heavy atom. The molecule has 6 aromatic rings. The molecule has 2 nitrogen and oxygen atoms in total. The largest absolute Gasteiger partial charge is 0.307 e. The first-order valence-corrected chi connectivity index (χ1v) is 14.7. The number of aryl methyl sites for hydroxylation is 3. The number of nitrogens with zero attached hydrogens (tertiary/aromatic N) is 2. The van der Waals surface area contributed by atoms with Gasteiger partial charge in [-0.2, -0.15) is 0 Å². The van der Waals surface area contributed by atoms with Crippen LogP contribution in [0.15, 0.2) is 48.7 Å². The third kappa shape index (κ3) is 2.98. The van der Waals surface area contributed by atoms with Crippen molar-refractivity contribution < 1.29 is 4.57 Å². The summed E-state index contributed by atoms with van der Waals surface area (Å²) in [5, 5.41) is 7.12. The van der Waals surface area contributed by atoms with Crippen molar-refractivity contribution in [2.24, 2.45) is 24.3 Å². The van der Waals surface area contributed by atoms with Gasteiger partial charge in [0.15, 0.2) is 6.20 Å². The van der Waals surface area contributed by atoms with E-state index in [9.17, 15) is 0 Å². The molecule has 3 heterocycles. The second kappa shape index (κ2) is 7.50. The van der Waals surface area contributed by atoms with E-state index in [1.54, 1.807) is 5.56 Å². The van der Waals surface area contributed by atoms with Crippen molar-refractivity contribution in [2.75, 3.05) is 0 Å². The maximum Gasteiger partial charge on any atom is 0.224 e. The Morgan fingerprint density at radius 2 is 1.76 bits per heavy atom. The molecule has 2 heteroatoms. The van der Waals surface area contributed by atoms with Gasteiger partial charge in [0.05, 0.1) is 27.3 Å². The van der Waals surface area contributed by atoms with Gasteiger partial charge in [-0.3, -0.25) is 0 Å². The maximum absolute atomic E-state index is 2.66. The molecule has 3 aromatic heterocycles. The molecule has 38 heavy (non-hydrogen) atoms. The van der Waals surface area contributed by atoms with E-state index in [1.807, 2.05) is 0 Å². The van der Waals surface area contributed by atoms with Crippen LogP contribution in [0.5, 0.6) is 0 Å². The fraction of sp³-hybridized carbons (Fsp3) is 0.417. The van der Waals surface area contributed by atoms with E-state index in [0.717, 1.165) is 24.2 Å². The number of fused-ring (bicyclic) bond motifs is 7. The Hall–Kier alpha value is -3.13. The lowest BCUT2D eigenvalue weighted by Gasteiger charge is -2.23. The average Bonchev–Trinajstić information content (AvgIpc) is 3.58. The highest BCUT2D eigenvalue weighted by Gasteiger charge is 2.40. The number of hydrogen-bond donors (Lipinski definition) is 0. The number of hydrogen-bond acceptors (Lipinski definition) is 0. The van der Waals surface area contributed by atoms with Gasteiger partial charge in [0.1, 0.15) is 7.05 Å². The molecule has 2 aliphatic carbocycles. The average molecular weight is 500 g/mol. The van der Waals surface area contributed by atoms with Crippen LogP contribution in [-0.4, -0.2) is 4.40 Å². The Balaban J connectivity index is 1.60. The van der Waals surface area contributed by atoms with E-state index in [2.05, 4.69) is 99.3 Å². The van der Waals surface area contributed by atoms with Crippen molar-refractivity contribution in [3.8, 4) is 0 Å². The van der Waals surface area contributed by atoms with E-state index >= 15 is 0 Å². The number of pyridine rings is 2. The predicted molar refractivity (Wildman–Crippen MR) is 161 cm³/mol. The van der Waals surface area contributed by atoms with Crippen LogP contribution in [-0.2, 0) is 13.5 Å². The van der Waals surface area contributed by atoms with Crippen LogP contribution in [0.1, 0.15) is 74.6 Å². The summed E-state index contributed by atoms with van der Waals surface area (Å²) in [4.78, 5) is 0. The molecule has 2 fully saturated rings. The normalized spacial score (nSPS) is 21.9. The minimum absolute atomic E-state index is 0.232. The summed E-state index contributed by atoms with van der Waals surface area (Å²) in [5.74, 6) is 2.55. The van der Waals surface area contributed by atoms with Crippen LogP contribution >= 0.6 is 0 Å². The molecule has 0 spiro atoms. The molecule has 3 aromatic carbocycles. The minimum Gasteiger partial charge on any atom is -0.307 e. The highest BCUT2D eigenvalue weighted by atomic mass is 15.0. The van der Waals surface area contributed by atoms with E-state index < -0.39 is 0 Å². The number of rotatable bonds is 2. The van der Waals surface area contributed by atoms with Crippen LogP contribution in [0.3, 0.4) is 0 Å². The van der Waals surface area contributed by atoms with Crippen LogP contribution in [0.4, 0.5) is 0 Å². The highest BCUT2D eigenvalue weighted by molar-refractivity contribution is 6.26. The first-order valence-electron chi connectivity index (χ1n) is 14.7. The van der Waals surface area contributed by atoms with E-state index in [0.29, 0.717) is 0 Å². The molecular weight excluding hydrogens is 460 g/mol. The van der Waals surface area contributed by atoms with Gasteiger partial charge in [0.25, 0.3) is 0 Å². The molecule has 2 aliphatic rings. The molecule has 3 atom stereocenters. The maximum atomic E-state index is 2.66. The van der Waals surface area contributed by atoms with Crippen molar-refractivity contribution in [3.63, 3.8) is 0 Å². The zero-order chi connectivity index (χ0) is 26.1. The minimum atomic E-state index is 0.232. The molecule has 0 N–H and O–H groups in total. The van der Waals surface area contributed by atoms with E-state index in [-0.39, 0.29) is 5.41 Å². The third-order valence-corrected chi connectivity index (χ3v) is 10.3. The summed E-state index contributed by atoms with van der Waals surface area (Å²) in [6.07, 6.45) is 9.08. The highest BCUT2D eigenvalue weighted by Crippen LogP contribution is 2.54. The van der Waals surface area contributed by atoms with Gasteiger partial charge in [0, 0.05) is 16.8 Å². The topological polar surface area (TPSA) is 8.29 Å². The van der Waals surface area contributed by atoms with Gasteiger partial charge >= 0.3 is 0 Å². The molecule has 3 unspecified atom stereocenters. The van der Waals surface area contributed by atoms with Gasteiger partial charge < -0.3 is 4.40 Å². The monoisotopic (exact) mass is 499 g/mol. The zero-order valence-electron chi connectivity index (χ0n) is 23.8. The SMILES string of the molecule is Cc1cc2c3c(CC(C)(C)C)cccc3n3c4cc(C5CC6CCC5C6)cc5cc[n+](C)c(c(c1C)c23)c54. The Kier molecular flexibility index (Phi) is 4.50. The summed E-state index contributed by atoms with van der Waals surface area (Å²) in [7, 11) is 2.24. The summed E-state index contributed by atoms with van der Waals surface area (Å²) >= 11 is 0. The smallest absolute Gasteiger partial charge is 0.224 e. The molecule has 0 aliphatic heterocycles. The zero-order valence-corrected chi connectivity index (χ0v) is 23.8. The summed E-state index contributed by atoms with van der Waals surface area (Å²) in [6.45, 7) is 11.7. The molecule has 192 valence electrons. The molecular formula is C36H39N2+. The lowest BCUT2D eigenvalue weighted by atomic mass is 9.82. The first-order chi connectivity index (χ1) is 18.2. The van der Waals surface area contributed by atoms with Crippen molar-refractivity contribution >= 4 is 49.0 Å². The van der Waals surface area contributed by atoms with Crippen LogP contribution in [0.25, 0.3) is 49.0 Å². The van der Waals surface area contributed by atoms with Crippen LogP contribution < -0.4 is 4.57 Å². The fourth-order valence-electron chi connectivity index (χ4n) is 8.64. The quantitative estimate of drug-likeness (QED) is 0.128. The van der Waals surface area contributed by atoms with E-state index in [4.69, 9.17) is 0 Å². The molecule has 2 saturated carbocycles. The lowest BCUT2D eigenvalue weighted by Crippen LogP contribution is -2.29. The Morgan fingerprint density at radius 3 is 2.50 bits per heavy atom. The molecule has 8 rings (SSSR count). The second-order valence-electron chi connectivity index (χ2n) is 14.0. The van der Waals surface area contributed by atoms with Gasteiger partial charge in [-0.1, -0.05) is 45.4 Å². The van der Waals surface area contributed by atoms with E-state index in [1.165, 1.54) is 91.4 Å². The molecule has 2 bridgehead atoms. The third-order valence-electron chi connectivity index (χ3n) is 10.3. The number of aromatic nitrogens is 2. The second-order valence-corrected chi connectivity index (χ2v) is 14.0. The van der Waals surface area contributed by atoms with Gasteiger partial charge in [-0.15, -0.1) is 0 Å². The first kappa shape index (κ1) is 22.8. The standard InChI is InChI=1S/C36H39N2/c1-20-14-28-32-25(19-36(3,4)5)8-7-9-29(32)38-30-18-26(27-16-22-10-11-23(27)15-22)17-24-12-13-37(6)35(33(24)30)31(21(20)2)34(28)38/h7-9,12-14,17-18,22-23,27H,10-11,15-16,19H2,1-6H3/q+1. The Labute approximate surface area is 225 Å². The molecule has 0 saturated heterocycles. The molecule has 0 amide bonds. The van der Waals surface area contributed by atoms with Gasteiger partial charge in [-0.05, 0) is 109 Å². The number of benzene rings is 3. The predicted octanol–water partition coefficient (Wildman–Crippen LogP) is 8.92. The van der Waals surface area contributed by atoms with Gasteiger partial charge in [-0.25, -0.2) is 4.57 Å². The summed E-state index contributed by atoms with van der Waals surface area (Å²) in [6, 6.07) is 17.0. The van der Waals surface area contributed by atoms with Crippen molar-refractivity contribution in [2.45, 2.75) is 72.6 Å². The van der Waals surface area contributed by atoms with Crippen molar-refractivity contribution in [1.82, 2.24) is 4.40 Å².